The lowest BCUT2D eigenvalue weighted by atomic mass is 9.82. The van der Waals surface area contributed by atoms with Crippen LogP contribution in [0.1, 0.15) is 49.8 Å². The van der Waals surface area contributed by atoms with Gasteiger partial charge < -0.3 is 25.3 Å². The number of anilines is 2. The fraction of sp³-hybridized carbons (Fsp3) is 0.480. The van der Waals surface area contributed by atoms with Gasteiger partial charge >= 0.3 is 6.18 Å². The summed E-state index contributed by atoms with van der Waals surface area (Å²) in [6.45, 7) is 6.54. The molecule has 3 aromatic rings. The lowest BCUT2D eigenvalue weighted by Crippen LogP contribution is -2.38. The molecule has 3 N–H and O–H groups in total. The lowest BCUT2D eigenvalue weighted by Gasteiger charge is -2.35. The summed E-state index contributed by atoms with van der Waals surface area (Å²) < 4.78 is 57.2. The topological polar surface area (TPSA) is 104 Å². The van der Waals surface area contributed by atoms with Crippen molar-refractivity contribution in [2.24, 2.45) is 5.92 Å². The summed E-state index contributed by atoms with van der Waals surface area (Å²) in [5.41, 5.74) is 5.54. The molecule has 0 aliphatic heterocycles. The number of hydrogen-bond acceptors (Lipinski definition) is 8. The molecule has 1 aliphatic carbocycles. The Morgan fingerprint density at radius 2 is 1.89 bits per heavy atom. The second-order valence-electron chi connectivity index (χ2n) is 8.85. The number of alkyl halides is 3. The Hall–Kier alpha value is -3.34. The standard InChI is InChI=1S/C25H30F3N5O3/c1-5-35-20-7-6-15(20)12-36-22-10-17-19(11-21(22)34-4)31-14(3)32-24(17)30-13(2)18-8-16(25(26,27)28)9-23(29)33-18/h8-11,13,15,20H,5-7,12H2,1-4H3,(H2,29,33)(H,30,31,32)/t13-,15?,20?/m1/s1. The Morgan fingerprint density at radius 1 is 1.11 bits per heavy atom. The summed E-state index contributed by atoms with van der Waals surface area (Å²) in [6, 6.07) is 4.71. The lowest BCUT2D eigenvalue weighted by molar-refractivity contribution is -0.137. The van der Waals surface area contributed by atoms with E-state index in [1.165, 1.54) is 0 Å². The molecule has 1 fully saturated rings. The first-order valence-electron chi connectivity index (χ1n) is 11.8. The van der Waals surface area contributed by atoms with E-state index in [9.17, 15) is 13.2 Å². The summed E-state index contributed by atoms with van der Waals surface area (Å²) in [5.74, 6) is 2.06. The van der Waals surface area contributed by atoms with Gasteiger partial charge in [0, 0.05) is 24.0 Å². The first-order valence-corrected chi connectivity index (χ1v) is 11.8. The fourth-order valence-corrected chi connectivity index (χ4v) is 4.23. The molecule has 2 heterocycles. The van der Waals surface area contributed by atoms with Crippen LogP contribution >= 0.6 is 0 Å². The predicted molar refractivity (Wildman–Crippen MR) is 130 cm³/mol. The summed E-state index contributed by atoms with van der Waals surface area (Å²) in [5, 5.41) is 3.81. The number of aromatic nitrogens is 3. The number of halogens is 3. The van der Waals surface area contributed by atoms with E-state index < -0.39 is 17.8 Å². The van der Waals surface area contributed by atoms with Gasteiger partial charge in [-0.2, -0.15) is 13.2 Å². The zero-order valence-corrected chi connectivity index (χ0v) is 20.6. The molecule has 1 aromatic carbocycles. The number of nitrogen functional groups attached to an aromatic ring is 1. The van der Waals surface area contributed by atoms with E-state index in [1.807, 2.05) is 6.92 Å². The second-order valence-corrected chi connectivity index (χ2v) is 8.85. The van der Waals surface area contributed by atoms with Gasteiger partial charge in [0.25, 0.3) is 0 Å². The molecule has 194 valence electrons. The largest absolute Gasteiger partial charge is 0.493 e. The fourth-order valence-electron chi connectivity index (χ4n) is 4.23. The zero-order chi connectivity index (χ0) is 26.0. The van der Waals surface area contributed by atoms with E-state index in [-0.39, 0.29) is 17.6 Å². The van der Waals surface area contributed by atoms with Gasteiger partial charge in [0.1, 0.15) is 17.5 Å². The molecule has 2 unspecified atom stereocenters. The normalized spacial score (nSPS) is 18.5. The highest BCUT2D eigenvalue weighted by Crippen LogP contribution is 2.38. The maximum atomic E-state index is 13.3. The second kappa shape index (κ2) is 10.3. The van der Waals surface area contributed by atoms with Crippen molar-refractivity contribution in [2.75, 3.05) is 31.4 Å². The highest BCUT2D eigenvalue weighted by atomic mass is 19.4. The number of aryl methyl sites for hydroxylation is 1. The molecular formula is C25H30F3N5O3. The van der Waals surface area contributed by atoms with Crippen LogP contribution < -0.4 is 20.5 Å². The molecule has 1 aliphatic rings. The Bertz CT molecular complexity index is 1240. The van der Waals surface area contributed by atoms with Crippen LogP contribution in [0.4, 0.5) is 24.8 Å². The molecule has 0 spiro atoms. The van der Waals surface area contributed by atoms with Crippen molar-refractivity contribution in [1.82, 2.24) is 15.0 Å². The van der Waals surface area contributed by atoms with Crippen molar-refractivity contribution in [3.63, 3.8) is 0 Å². The van der Waals surface area contributed by atoms with Gasteiger partial charge in [-0.1, -0.05) is 0 Å². The van der Waals surface area contributed by atoms with E-state index in [0.29, 0.717) is 53.2 Å². The van der Waals surface area contributed by atoms with Crippen LogP contribution in [0.15, 0.2) is 24.3 Å². The van der Waals surface area contributed by atoms with Gasteiger partial charge in [-0.05, 0) is 51.8 Å². The predicted octanol–water partition coefficient (Wildman–Crippen LogP) is 5.31. The van der Waals surface area contributed by atoms with E-state index in [0.717, 1.165) is 25.0 Å². The van der Waals surface area contributed by atoms with Gasteiger partial charge in [0.2, 0.25) is 0 Å². The first kappa shape index (κ1) is 25.7. The molecule has 0 saturated heterocycles. The minimum Gasteiger partial charge on any atom is -0.493 e. The number of ether oxygens (including phenoxy) is 3. The summed E-state index contributed by atoms with van der Waals surface area (Å²) in [4.78, 5) is 13.1. The molecule has 0 radical (unpaired) electrons. The number of fused-ring (bicyclic) bond motifs is 1. The Morgan fingerprint density at radius 3 is 2.53 bits per heavy atom. The van der Waals surface area contributed by atoms with Crippen LogP contribution in [0.2, 0.25) is 0 Å². The Labute approximate surface area is 207 Å². The monoisotopic (exact) mass is 505 g/mol. The van der Waals surface area contributed by atoms with Crippen LogP contribution in [0.3, 0.4) is 0 Å². The number of pyridine rings is 1. The summed E-state index contributed by atoms with van der Waals surface area (Å²) in [7, 11) is 1.55. The maximum absolute atomic E-state index is 13.3. The smallest absolute Gasteiger partial charge is 0.416 e. The van der Waals surface area contributed by atoms with E-state index in [2.05, 4.69) is 20.3 Å². The third-order valence-electron chi connectivity index (χ3n) is 6.26. The van der Waals surface area contributed by atoms with Crippen LogP contribution in [0.25, 0.3) is 10.9 Å². The number of methoxy groups -OCH3 is 1. The van der Waals surface area contributed by atoms with Crippen LogP contribution in [-0.2, 0) is 10.9 Å². The third-order valence-corrected chi connectivity index (χ3v) is 6.26. The van der Waals surface area contributed by atoms with Crippen molar-refractivity contribution in [3.8, 4) is 11.5 Å². The molecule has 8 nitrogen and oxygen atoms in total. The van der Waals surface area contributed by atoms with Crippen LogP contribution in [-0.4, -0.2) is 41.4 Å². The van der Waals surface area contributed by atoms with Crippen molar-refractivity contribution in [1.29, 1.82) is 0 Å². The number of benzene rings is 1. The minimum absolute atomic E-state index is 0.142. The van der Waals surface area contributed by atoms with Gasteiger partial charge in [-0.15, -0.1) is 0 Å². The van der Waals surface area contributed by atoms with Gasteiger partial charge in [-0.25, -0.2) is 15.0 Å². The summed E-state index contributed by atoms with van der Waals surface area (Å²) in [6.07, 6.45) is -2.30. The number of nitrogens with one attached hydrogen (secondary N) is 1. The average molecular weight is 506 g/mol. The zero-order valence-electron chi connectivity index (χ0n) is 20.6. The quantitative estimate of drug-likeness (QED) is 0.403. The number of nitrogens with zero attached hydrogens (tertiary/aromatic N) is 3. The van der Waals surface area contributed by atoms with E-state index >= 15 is 0 Å². The number of nitrogens with two attached hydrogens (primary N) is 1. The highest BCUT2D eigenvalue weighted by Gasteiger charge is 2.33. The van der Waals surface area contributed by atoms with Crippen molar-refractivity contribution in [3.05, 3.63) is 41.3 Å². The minimum atomic E-state index is -4.53. The average Bonchev–Trinajstić information content (AvgIpc) is 2.80. The summed E-state index contributed by atoms with van der Waals surface area (Å²) >= 11 is 0. The highest BCUT2D eigenvalue weighted by molar-refractivity contribution is 5.92. The Kier molecular flexibility index (Phi) is 7.39. The molecule has 4 rings (SSSR count). The molecule has 0 amide bonds. The van der Waals surface area contributed by atoms with Crippen molar-refractivity contribution in [2.45, 2.75) is 51.9 Å². The molecular weight excluding hydrogens is 475 g/mol. The molecule has 2 aromatic heterocycles. The van der Waals surface area contributed by atoms with E-state index in [1.54, 1.807) is 33.1 Å². The van der Waals surface area contributed by atoms with Crippen LogP contribution in [0.5, 0.6) is 11.5 Å². The molecule has 11 heteroatoms. The molecule has 0 bridgehead atoms. The number of hydrogen-bond donors (Lipinski definition) is 2. The third kappa shape index (κ3) is 5.56. The molecule has 36 heavy (non-hydrogen) atoms. The van der Waals surface area contributed by atoms with Crippen molar-refractivity contribution >= 4 is 22.5 Å². The van der Waals surface area contributed by atoms with Crippen molar-refractivity contribution < 1.29 is 27.4 Å². The van der Waals surface area contributed by atoms with Crippen LogP contribution in [0, 0.1) is 12.8 Å². The van der Waals surface area contributed by atoms with Gasteiger partial charge in [0.15, 0.2) is 11.5 Å². The number of rotatable bonds is 9. The Balaban J connectivity index is 1.64. The van der Waals surface area contributed by atoms with Gasteiger partial charge in [-0.3, -0.25) is 0 Å². The van der Waals surface area contributed by atoms with E-state index in [4.69, 9.17) is 19.9 Å². The molecule has 1 saturated carbocycles. The SMILES string of the molecule is CCOC1CCC1COc1cc2c(N[C@H](C)c3cc(C(F)(F)F)cc(N)n3)nc(C)nc2cc1OC. The first-order chi connectivity index (χ1) is 17.1. The molecule has 3 atom stereocenters. The maximum Gasteiger partial charge on any atom is 0.416 e. The van der Waals surface area contributed by atoms with Gasteiger partial charge in [0.05, 0.1) is 42.6 Å².